The fourth-order valence-corrected chi connectivity index (χ4v) is 4.80. The first-order valence-corrected chi connectivity index (χ1v) is 12.0. The van der Waals surface area contributed by atoms with Crippen LogP contribution in [0.1, 0.15) is 19.5 Å². The van der Waals surface area contributed by atoms with Crippen molar-refractivity contribution in [2.75, 3.05) is 43.6 Å². The quantitative estimate of drug-likeness (QED) is 0.463. The lowest BCUT2D eigenvalue weighted by Gasteiger charge is -2.30. The highest BCUT2D eigenvalue weighted by Crippen LogP contribution is 2.41. The summed E-state index contributed by atoms with van der Waals surface area (Å²) in [6.45, 7) is 6.55. The largest absolute Gasteiger partial charge is 0.378 e. The first-order valence-electron chi connectivity index (χ1n) is 11.2. The van der Waals surface area contributed by atoms with Gasteiger partial charge in [-0.15, -0.1) is 11.8 Å². The highest BCUT2D eigenvalue weighted by atomic mass is 32.2. The summed E-state index contributed by atoms with van der Waals surface area (Å²) >= 11 is 1.33. The fourth-order valence-electron chi connectivity index (χ4n) is 3.66. The molecule has 0 aliphatic carbocycles. The molecule has 0 radical (unpaired) electrons. The van der Waals surface area contributed by atoms with E-state index in [1.807, 2.05) is 32.0 Å². The Labute approximate surface area is 207 Å². The number of morpholine rings is 1. The van der Waals surface area contributed by atoms with Gasteiger partial charge in [-0.25, -0.2) is 23.5 Å². The van der Waals surface area contributed by atoms with Crippen molar-refractivity contribution in [2.45, 2.75) is 23.5 Å². The number of urea groups is 1. The smallest absolute Gasteiger partial charge is 0.318 e. The number of aromatic nitrogens is 2. The molecule has 1 saturated heterocycles. The topological polar surface area (TPSA) is 79.4 Å². The Hall–Kier alpha value is -3.24. The van der Waals surface area contributed by atoms with Crippen LogP contribution < -0.4 is 15.5 Å². The van der Waals surface area contributed by atoms with Gasteiger partial charge in [-0.05, 0) is 50.2 Å². The van der Waals surface area contributed by atoms with E-state index < -0.39 is 16.4 Å². The van der Waals surface area contributed by atoms with Crippen LogP contribution in [0.3, 0.4) is 0 Å². The molecule has 0 atom stereocenters. The van der Waals surface area contributed by atoms with Crippen LogP contribution in [0.2, 0.25) is 0 Å². The summed E-state index contributed by atoms with van der Waals surface area (Å²) in [6.07, 6.45) is 0. The highest BCUT2D eigenvalue weighted by molar-refractivity contribution is 8.00. The van der Waals surface area contributed by atoms with E-state index in [1.54, 1.807) is 19.2 Å². The normalized spacial score (nSPS) is 14.0. The third-order valence-electron chi connectivity index (χ3n) is 5.50. The third kappa shape index (κ3) is 6.26. The lowest BCUT2D eigenvalue weighted by molar-refractivity contribution is 0.122. The van der Waals surface area contributed by atoms with Crippen molar-refractivity contribution in [2.24, 2.45) is 0 Å². The second-order valence-electron chi connectivity index (χ2n) is 8.53. The van der Waals surface area contributed by atoms with E-state index in [9.17, 15) is 13.6 Å². The van der Waals surface area contributed by atoms with Gasteiger partial charge in [0.1, 0.15) is 17.5 Å². The molecule has 0 unspecified atom stereocenters. The molecule has 0 spiro atoms. The maximum Gasteiger partial charge on any atom is 0.318 e. The molecule has 0 saturated carbocycles. The van der Waals surface area contributed by atoms with Gasteiger partial charge in [0.2, 0.25) is 0 Å². The summed E-state index contributed by atoms with van der Waals surface area (Å²) in [5, 5.41) is 5.24. The Kier molecular flexibility index (Phi) is 7.51. The number of nitrogens with one attached hydrogen (secondary N) is 2. The number of halogens is 2. The van der Waals surface area contributed by atoms with Gasteiger partial charge >= 0.3 is 6.03 Å². The van der Waals surface area contributed by atoms with Crippen LogP contribution in [0.25, 0.3) is 11.4 Å². The predicted molar refractivity (Wildman–Crippen MR) is 134 cm³/mol. The van der Waals surface area contributed by atoms with Crippen LogP contribution in [-0.4, -0.2) is 49.4 Å². The number of carbonyl (C=O) groups is 1. The molecule has 10 heteroatoms. The van der Waals surface area contributed by atoms with Crippen LogP contribution in [-0.2, 0) is 9.48 Å². The summed E-state index contributed by atoms with van der Waals surface area (Å²) in [5.41, 5.74) is 2.15. The number of benzene rings is 2. The SMILES string of the molecule is CNC(=O)Nc1ccc(-c2nc(N3CCOCC3)cc(C(C)(C)Sc3cc(F)cc(F)c3)n2)cc1. The molecule has 2 amide bonds. The molecule has 2 heterocycles. The highest BCUT2D eigenvalue weighted by Gasteiger charge is 2.27. The molecule has 1 aliphatic rings. The van der Waals surface area contributed by atoms with Crippen molar-refractivity contribution in [3.8, 4) is 11.4 Å². The van der Waals surface area contributed by atoms with Crippen molar-refractivity contribution in [1.29, 1.82) is 0 Å². The molecule has 2 aromatic carbocycles. The number of hydrogen-bond acceptors (Lipinski definition) is 6. The molecule has 35 heavy (non-hydrogen) atoms. The average molecular weight is 500 g/mol. The summed E-state index contributed by atoms with van der Waals surface area (Å²) in [4.78, 5) is 23.9. The molecule has 184 valence electrons. The zero-order valence-electron chi connectivity index (χ0n) is 19.8. The minimum atomic E-state index is -0.619. The number of carbonyl (C=O) groups excluding carboxylic acids is 1. The number of ether oxygens (including phenoxy) is 1. The maximum atomic E-state index is 13.8. The van der Waals surface area contributed by atoms with Crippen LogP contribution >= 0.6 is 11.8 Å². The lowest BCUT2D eigenvalue weighted by atomic mass is 10.1. The lowest BCUT2D eigenvalue weighted by Crippen LogP contribution is -2.37. The minimum Gasteiger partial charge on any atom is -0.378 e. The number of hydrogen-bond donors (Lipinski definition) is 2. The second-order valence-corrected chi connectivity index (χ2v) is 10.2. The van der Waals surface area contributed by atoms with E-state index in [1.165, 1.54) is 23.9 Å². The van der Waals surface area contributed by atoms with E-state index in [4.69, 9.17) is 14.7 Å². The molecule has 1 fully saturated rings. The zero-order valence-corrected chi connectivity index (χ0v) is 20.6. The van der Waals surface area contributed by atoms with Gasteiger partial charge in [0.05, 0.1) is 23.7 Å². The van der Waals surface area contributed by atoms with E-state index in [2.05, 4.69) is 15.5 Å². The Morgan fingerprint density at radius 1 is 1.03 bits per heavy atom. The molecular formula is C25H27F2N5O2S. The second kappa shape index (κ2) is 10.6. The molecule has 0 bridgehead atoms. The summed E-state index contributed by atoms with van der Waals surface area (Å²) in [7, 11) is 1.55. The van der Waals surface area contributed by atoms with Crippen LogP contribution in [0.4, 0.5) is 25.1 Å². The maximum absolute atomic E-state index is 13.8. The van der Waals surface area contributed by atoms with Crippen molar-refractivity contribution in [1.82, 2.24) is 15.3 Å². The molecule has 3 aromatic rings. The van der Waals surface area contributed by atoms with Crippen molar-refractivity contribution in [3.05, 3.63) is 65.9 Å². The first-order chi connectivity index (χ1) is 16.7. The summed E-state index contributed by atoms with van der Waals surface area (Å²) in [5.74, 6) is 0.0480. The van der Waals surface area contributed by atoms with Crippen molar-refractivity contribution in [3.63, 3.8) is 0 Å². The van der Waals surface area contributed by atoms with E-state index in [0.29, 0.717) is 42.7 Å². The Balaban J connectivity index is 1.71. The molecule has 7 nitrogen and oxygen atoms in total. The van der Waals surface area contributed by atoms with Gasteiger partial charge in [0.15, 0.2) is 5.82 Å². The Morgan fingerprint density at radius 2 is 1.69 bits per heavy atom. The zero-order chi connectivity index (χ0) is 25.0. The van der Waals surface area contributed by atoms with Crippen LogP contribution in [0.5, 0.6) is 0 Å². The van der Waals surface area contributed by atoms with Gasteiger partial charge in [-0.1, -0.05) is 0 Å². The summed E-state index contributed by atoms with van der Waals surface area (Å²) < 4.78 is 32.5. The predicted octanol–water partition coefficient (Wildman–Crippen LogP) is 5.04. The van der Waals surface area contributed by atoms with Gasteiger partial charge in [-0.3, -0.25) is 0 Å². The standard InChI is InChI=1S/C25H27F2N5O2S/c1-25(2,35-20-13-17(26)12-18(27)14-20)21-15-22(32-8-10-34-11-9-32)31-23(30-21)16-4-6-19(7-5-16)29-24(33)28-3/h4-7,12-15H,8-11H2,1-3H3,(H2,28,29,33). The fraction of sp³-hybridized carbons (Fsp3) is 0.320. The minimum absolute atomic E-state index is 0.307. The number of anilines is 2. The first kappa shape index (κ1) is 24.9. The molecule has 2 N–H and O–H groups in total. The summed E-state index contributed by atoms with van der Waals surface area (Å²) in [6, 6.07) is 12.4. The van der Waals surface area contributed by atoms with E-state index in [0.717, 1.165) is 23.1 Å². The molecule has 1 aromatic heterocycles. The van der Waals surface area contributed by atoms with Gasteiger partial charge < -0.3 is 20.3 Å². The number of nitrogens with zero attached hydrogens (tertiary/aromatic N) is 3. The molecular weight excluding hydrogens is 472 g/mol. The van der Waals surface area contributed by atoms with E-state index >= 15 is 0 Å². The van der Waals surface area contributed by atoms with Crippen molar-refractivity contribution >= 4 is 29.3 Å². The average Bonchev–Trinajstić information content (AvgIpc) is 2.84. The van der Waals surface area contributed by atoms with Crippen molar-refractivity contribution < 1.29 is 18.3 Å². The van der Waals surface area contributed by atoms with Crippen LogP contribution in [0, 0.1) is 11.6 Å². The van der Waals surface area contributed by atoms with E-state index in [-0.39, 0.29) is 6.03 Å². The van der Waals surface area contributed by atoms with Gasteiger partial charge in [0.25, 0.3) is 0 Å². The Morgan fingerprint density at radius 3 is 2.31 bits per heavy atom. The molecule has 4 rings (SSSR count). The number of rotatable bonds is 6. The van der Waals surface area contributed by atoms with Gasteiger partial charge in [0, 0.05) is 48.4 Å². The van der Waals surface area contributed by atoms with Gasteiger partial charge in [-0.2, -0.15) is 0 Å². The number of amides is 2. The third-order valence-corrected chi connectivity index (χ3v) is 6.69. The monoisotopic (exact) mass is 499 g/mol. The molecule has 1 aliphatic heterocycles. The number of thioether (sulfide) groups is 1. The van der Waals surface area contributed by atoms with Crippen LogP contribution in [0.15, 0.2) is 53.4 Å². The Bertz CT molecular complexity index is 1180.